The number of aliphatic carboxylic acids is 2. The highest BCUT2D eigenvalue weighted by Crippen LogP contribution is 2.10. The molecule has 0 saturated heterocycles. The highest BCUT2D eigenvalue weighted by atomic mass is 16.5. The number of carboxylic acids is 2. The van der Waals surface area contributed by atoms with E-state index < -0.39 is 30.1 Å². The number of rotatable bonds is 7. The fourth-order valence-corrected chi connectivity index (χ4v) is 1.58. The van der Waals surface area contributed by atoms with E-state index in [2.05, 4.69) is 30.7 Å². The van der Waals surface area contributed by atoms with E-state index in [1.165, 1.54) is 25.5 Å². The second-order valence-corrected chi connectivity index (χ2v) is 5.23. The van der Waals surface area contributed by atoms with Gasteiger partial charge in [0.25, 0.3) is 0 Å². The molecule has 0 aliphatic carbocycles. The molecule has 152 valence electrons. The number of nitrogens with one attached hydrogen (secondary N) is 2. The van der Waals surface area contributed by atoms with Crippen molar-refractivity contribution >= 4 is 18.0 Å². The molecule has 2 aromatic rings. The van der Waals surface area contributed by atoms with Crippen LogP contribution in [0.15, 0.2) is 23.1 Å². The first-order chi connectivity index (χ1) is 13.2. The number of carbonyl (C=O) groups is 3. The van der Waals surface area contributed by atoms with E-state index in [9.17, 15) is 19.5 Å². The smallest absolute Gasteiger partial charge is 0.328 e. The van der Waals surface area contributed by atoms with Gasteiger partial charge in [0.15, 0.2) is 6.04 Å². The number of hydrogen-bond acceptors (Lipinski definition) is 9. The summed E-state index contributed by atoms with van der Waals surface area (Å²) in [6, 6.07) is -2.22. The molecule has 2 rings (SSSR count). The van der Waals surface area contributed by atoms with Crippen LogP contribution in [0.4, 0.5) is 4.79 Å². The summed E-state index contributed by atoms with van der Waals surface area (Å²) in [5.41, 5.74) is 0.409. The van der Waals surface area contributed by atoms with E-state index >= 15 is 0 Å². The Morgan fingerprint density at radius 1 is 1.25 bits per heavy atom. The van der Waals surface area contributed by atoms with E-state index in [1.54, 1.807) is 6.92 Å². The van der Waals surface area contributed by atoms with Gasteiger partial charge in [-0.2, -0.15) is 4.98 Å². The Hall–Kier alpha value is -3.61. The summed E-state index contributed by atoms with van der Waals surface area (Å²) in [5, 5.41) is 34.0. The van der Waals surface area contributed by atoms with E-state index in [4.69, 9.17) is 14.7 Å². The topological polar surface area (TPSA) is 201 Å². The van der Waals surface area contributed by atoms with Crippen LogP contribution in [0.25, 0.3) is 11.5 Å². The number of aromatic nitrogens is 4. The second kappa shape index (κ2) is 11.2. The number of hydrogen-bond donors (Lipinski definition) is 5. The first kappa shape index (κ1) is 22.4. The van der Waals surface area contributed by atoms with Crippen molar-refractivity contribution in [1.29, 1.82) is 0 Å². The SMILES string of the molecule is CC(O)C(NC(=O)NCc1nc(-c2cnccn2)no1)C(=O)O.CCC(=O)O. The summed E-state index contributed by atoms with van der Waals surface area (Å²) < 4.78 is 4.93. The van der Waals surface area contributed by atoms with E-state index in [-0.39, 0.29) is 24.7 Å². The molecule has 2 amide bonds. The van der Waals surface area contributed by atoms with Crippen LogP contribution in [0.3, 0.4) is 0 Å². The Kier molecular flexibility index (Phi) is 8.95. The maximum atomic E-state index is 11.6. The molecule has 2 unspecified atom stereocenters. The fourth-order valence-electron chi connectivity index (χ4n) is 1.58. The zero-order chi connectivity index (χ0) is 21.1. The number of aliphatic hydroxyl groups excluding tert-OH is 1. The van der Waals surface area contributed by atoms with Crippen molar-refractivity contribution in [2.75, 3.05) is 0 Å². The molecule has 2 aromatic heterocycles. The summed E-state index contributed by atoms with van der Waals surface area (Å²) in [5.74, 6) is -1.78. The molecule has 0 aliphatic rings. The first-order valence-electron chi connectivity index (χ1n) is 8.00. The minimum absolute atomic E-state index is 0.102. The number of urea groups is 1. The Balaban J connectivity index is 0.000000696. The van der Waals surface area contributed by atoms with Gasteiger partial charge in [0, 0.05) is 18.8 Å². The summed E-state index contributed by atoms with van der Waals surface area (Å²) in [4.78, 5) is 43.7. The van der Waals surface area contributed by atoms with Crippen LogP contribution in [-0.4, -0.2) is 65.5 Å². The molecule has 0 saturated carbocycles. The van der Waals surface area contributed by atoms with Gasteiger partial charge in [-0.1, -0.05) is 12.1 Å². The molecule has 0 bridgehead atoms. The number of carbonyl (C=O) groups excluding carboxylic acids is 1. The molecule has 0 aromatic carbocycles. The van der Waals surface area contributed by atoms with Gasteiger partial charge in [0.1, 0.15) is 5.69 Å². The average molecular weight is 396 g/mol. The van der Waals surface area contributed by atoms with Gasteiger partial charge < -0.3 is 30.5 Å². The lowest BCUT2D eigenvalue weighted by Crippen LogP contribution is -2.51. The molecule has 13 heteroatoms. The van der Waals surface area contributed by atoms with E-state index in [0.29, 0.717) is 5.69 Å². The van der Waals surface area contributed by atoms with E-state index in [1.807, 2.05) is 0 Å². The minimum atomic E-state index is -1.42. The predicted molar refractivity (Wildman–Crippen MR) is 91.7 cm³/mol. The Morgan fingerprint density at radius 2 is 1.93 bits per heavy atom. The zero-order valence-corrected chi connectivity index (χ0v) is 15.1. The summed E-state index contributed by atoms with van der Waals surface area (Å²) in [7, 11) is 0. The summed E-state index contributed by atoms with van der Waals surface area (Å²) in [6.07, 6.45) is 3.40. The molecule has 0 radical (unpaired) electrons. The van der Waals surface area contributed by atoms with Crippen LogP contribution in [-0.2, 0) is 16.1 Å². The molecule has 28 heavy (non-hydrogen) atoms. The van der Waals surface area contributed by atoms with Crippen LogP contribution in [0.2, 0.25) is 0 Å². The molecular weight excluding hydrogens is 376 g/mol. The van der Waals surface area contributed by atoms with Crippen molar-refractivity contribution < 1.29 is 34.2 Å². The number of amides is 2. The second-order valence-electron chi connectivity index (χ2n) is 5.23. The van der Waals surface area contributed by atoms with Crippen LogP contribution in [0.5, 0.6) is 0 Å². The predicted octanol–water partition coefficient (Wildman–Crippen LogP) is -0.359. The largest absolute Gasteiger partial charge is 0.481 e. The van der Waals surface area contributed by atoms with Gasteiger partial charge in [-0.05, 0) is 6.92 Å². The van der Waals surface area contributed by atoms with Gasteiger partial charge in [-0.25, -0.2) is 14.6 Å². The highest BCUT2D eigenvalue weighted by Gasteiger charge is 2.25. The molecule has 13 nitrogen and oxygen atoms in total. The standard InChI is InChI=1S/C12H14N6O5.C3H6O2/c1-6(19)9(11(20)21)17-12(22)15-5-8-16-10(18-23-8)7-4-13-2-3-14-7;1-2-3(4)5/h2-4,6,9,19H,5H2,1H3,(H,20,21)(H2,15,17,22);2H2,1H3,(H,4,5). The Morgan fingerprint density at radius 3 is 2.43 bits per heavy atom. The third-order valence-corrected chi connectivity index (χ3v) is 3.00. The summed E-state index contributed by atoms with van der Waals surface area (Å²) >= 11 is 0. The van der Waals surface area contributed by atoms with Gasteiger partial charge in [0.05, 0.1) is 18.8 Å². The van der Waals surface area contributed by atoms with E-state index in [0.717, 1.165) is 0 Å². The number of carboxylic acid groups (broad SMARTS) is 2. The van der Waals surface area contributed by atoms with Crippen molar-refractivity contribution in [1.82, 2.24) is 30.7 Å². The van der Waals surface area contributed by atoms with Crippen LogP contribution >= 0.6 is 0 Å². The first-order valence-corrected chi connectivity index (χ1v) is 8.00. The van der Waals surface area contributed by atoms with Gasteiger partial charge >= 0.3 is 18.0 Å². The van der Waals surface area contributed by atoms with Crippen molar-refractivity contribution in [2.45, 2.75) is 39.0 Å². The molecular formula is C15H20N6O7. The highest BCUT2D eigenvalue weighted by molar-refractivity contribution is 5.82. The normalized spacial score (nSPS) is 12.1. The van der Waals surface area contributed by atoms with Crippen molar-refractivity contribution in [2.24, 2.45) is 0 Å². The molecule has 2 heterocycles. The monoisotopic (exact) mass is 396 g/mol. The number of aliphatic hydroxyl groups is 1. The van der Waals surface area contributed by atoms with Crippen LogP contribution < -0.4 is 10.6 Å². The Bertz CT molecular complexity index is 780. The quantitative estimate of drug-likeness (QED) is 0.409. The van der Waals surface area contributed by atoms with Gasteiger partial charge in [-0.3, -0.25) is 9.78 Å². The van der Waals surface area contributed by atoms with Crippen molar-refractivity contribution in [3.63, 3.8) is 0 Å². The lowest BCUT2D eigenvalue weighted by atomic mass is 10.2. The van der Waals surface area contributed by atoms with Crippen LogP contribution in [0, 0.1) is 0 Å². The molecule has 0 aliphatic heterocycles. The maximum absolute atomic E-state index is 11.6. The van der Waals surface area contributed by atoms with Crippen LogP contribution in [0.1, 0.15) is 26.2 Å². The summed E-state index contributed by atoms with van der Waals surface area (Å²) in [6.45, 7) is 2.73. The molecule has 0 fully saturated rings. The Labute approximate surface area is 158 Å². The van der Waals surface area contributed by atoms with Gasteiger partial charge in [-0.15, -0.1) is 0 Å². The third-order valence-electron chi connectivity index (χ3n) is 3.00. The average Bonchev–Trinajstić information content (AvgIpc) is 3.14. The van der Waals surface area contributed by atoms with Crippen molar-refractivity contribution in [3.05, 3.63) is 24.5 Å². The molecule has 5 N–H and O–H groups in total. The minimum Gasteiger partial charge on any atom is -0.481 e. The lowest BCUT2D eigenvalue weighted by Gasteiger charge is -2.16. The molecule has 0 spiro atoms. The lowest BCUT2D eigenvalue weighted by molar-refractivity contribution is -0.141. The fraction of sp³-hybridized carbons (Fsp3) is 0.400. The zero-order valence-electron chi connectivity index (χ0n) is 15.1. The third kappa shape index (κ3) is 7.74. The number of nitrogens with zero attached hydrogens (tertiary/aromatic N) is 4. The van der Waals surface area contributed by atoms with Gasteiger partial charge in [0.2, 0.25) is 11.7 Å². The van der Waals surface area contributed by atoms with Crippen molar-refractivity contribution in [3.8, 4) is 11.5 Å². The maximum Gasteiger partial charge on any atom is 0.328 e. The molecule has 2 atom stereocenters.